The zero-order valence-corrected chi connectivity index (χ0v) is 41.1. The van der Waals surface area contributed by atoms with Crippen LogP contribution in [-0.2, 0) is 18.3 Å². The van der Waals surface area contributed by atoms with E-state index in [2.05, 4.69) is 197 Å². The minimum absolute atomic E-state index is 0.00640. The predicted octanol–water partition coefficient (Wildman–Crippen LogP) is 19.5. The molecule has 7 aromatic rings. The second kappa shape index (κ2) is 19.3. The third-order valence-corrected chi connectivity index (χ3v) is 15.1. The fraction of sp³-hybridized carbons (Fsp3) is 0.406. The van der Waals surface area contributed by atoms with Gasteiger partial charge in [-0.1, -0.05) is 248 Å². The summed E-state index contributed by atoms with van der Waals surface area (Å²) in [6.45, 7) is 23.8. The standard InChI is InChI=1S/C64H76/c1-11-15-23-43(13-3)39-48-41-57-58(42-49(48)40-44(14-4)24-16-12-2)61(47-35-37-50(38-36-47)63(5,6)7)52-26-18-17-25-51(52)60(57)46-33-31-45(32-34-46)59-53-27-19-21-29-55(53)62(64(8,9)10)56-30-22-20-28-54(56)59/h17-22,25-37,41-44,50H,11-16,23-24,38-40H2,1-10H3. The zero-order valence-electron chi connectivity index (χ0n) is 41.1. The molecule has 332 valence electrons. The summed E-state index contributed by atoms with van der Waals surface area (Å²) >= 11 is 0. The van der Waals surface area contributed by atoms with E-state index in [9.17, 15) is 0 Å². The summed E-state index contributed by atoms with van der Waals surface area (Å²) < 4.78 is 0. The number of hydrogen-bond donors (Lipinski definition) is 0. The average molecular weight is 845 g/mol. The molecule has 0 amide bonds. The summed E-state index contributed by atoms with van der Waals surface area (Å²) in [5.74, 6) is 1.93. The summed E-state index contributed by atoms with van der Waals surface area (Å²) in [6, 6.07) is 42.6. The Balaban J connectivity index is 1.39. The van der Waals surface area contributed by atoms with Crippen molar-refractivity contribution < 1.29 is 0 Å². The molecule has 0 aromatic heterocycles. The van der Waals surface area contributed by atoms with Crippen LogP contribution in [0.4, 0.5) is 0 Å². The molecule has 0 nitrogen and oxygen atoms in total. The molecule has 0 spiro atoms. The van der Waals surface area contributed by atoms with Crippen molar-refractivity contribution in [1.82, 2.24) is 0 Å². The Morgan fingerprint density at radius 2 is 0.906 bits per heavy atom. The van der Waals surface area contributed by atoms with E-state index in [-0.39, 0.29) is 10.8 Å². The van der Waals surface area contributed by atoms with Crippen molar-refractivity contribution in [3.05, 3.63) is 150 Å². The first kappa shape index (κ1) is 45.6. The molecule has 3 unspecified atom stereocenters. The first-order valence-corrected chi connectivity index (χ1v) is 25.3. The number of hydrogen-bond acceptors (Lipinski definition) is 0. The molecule has 1 aliphatic rings. The molecule has 0 radical (unpaired) electrons. The quantitative estimate of drug-likeness (QED) is 0.0902. The topological polar surface area (TPSA) is 0 Å². The summed E-state index contributed by atoms with van der Waals surface area (Å²) in [6.07, 6.45) is 21.2. The molecule has 0 saturated carbocycles. The molecule has 64 heavy (non-hydrogen) atoms. The van der Waals surface area contributed by atoms with E-state index in [4.69, 9.17) is 0 Å². The van der Waals surface area contributed by atoms with E-state index in [1.54, 1.807) is 11.1 Å². The molecule has 0 aliphatic heterocycles. The van der Waals surface area contributed by atoms with Crippen molar-refractivity contribution in [2.45, 2.75) is 145 Å². The Labute approximate surface area is 387 Å². The van der Waals surface area contributed by atoms with Gasteiger partial charge < -0.3 is 0 Å². The Bertz CT molecular complexity index is 2750. The Hall–Kier alpha value is -4.94. The molecule has 0 N–H and O–H groups in total. The van der Waals surface area contributed by atoms with Gasteiger partial charge in [-0.3, -0.25) is 0 Å². The summed E-state index contributed by atoms with van der Waals surface area (Å²) in [5, 5.41) is 10.9. The van der Waals surface area contributed by atoms with Crippen molar-refractivity contribution in [3.8, 4) is 22.3 Å². The first-order chi connectivity index (χ1) is 30.9. The van der Waals surface area contributed by atoms with Crippen LogP contribution in [0.5, 0.6) is 0 Å². The smallest absolute Gasteiger partial charge is 0.00263 e. The van der Waals surface area contributed by atoms with Gasteiger partial charge in [0, 0.05) is 0 Å². The highest BCUT2D eigenvalue weighted by molar-refractivity contribution is 6.20. The van der Waals surface area contributed by atoms with Gasteiger partial charge in [-0.15, -0.1) is 0 Å². The minimum atomic E-state index is 0.00640. The third kappa shape index (κ3) is 9.14. The van der Waals surface area contributed by atoms with Gasteiger partial charge in [0.05, 0.1) is 0 Å². The van der Waals surface area contributed by atoms with E-state index >= 15 is 0 Å². The van der Waals surface area contributed by atoms with Gasteiger partial charge in [-0.05, 0) is 141 Å². The monoisotopic (exact) mass is 845 g/mol. The maximum atomic E-state index is 2.70. The van der Waals surface area contributed by atoms with E-state index < -0.39 is 0 Å². The van der Waals surface area contributed by atoms with Crippen molar-refractivity contribution in [2.75, 3.05) is 0 Å². The molecule has 7 aromatic carbocycles. The molecule has 0 heteroatoms. The Morgan fingerprint density at radius 1 is 0.500 bits per heavy atom. The molecule has 0 bridgehead atoms. The van der Waals surface area contributed by atoms with Gasteiger partial charge in [0.25, 0.3) is 0 Å². The van der Waals surface area contributed by atoms with Crippen LogP contribution in [0.25, 0.3) is 70.9 Å². The lowest BCUT2D eigenvalue weighted by molar-refractivity contribution is 0.294. The van der Waals surface area contributed by atoms with Crippen molar-refractivity contribution >= 4 is 48.7 Å². The summed E-state index contributed by atoms with van der Waals surface area (Å²) in [5.41, 5.74) is 12.9. The van der Waals surface area contributed by atoms with E-state index in [1.807, 2.05) is 0 Å². The normalized spacial score (nSPS) is 15.7. The number of benzene rings is 7. The van der Waals surface area contributed by atoms with Gasteiger partial charge in [-0.2, -0.15) is 0 Å². The fourth-order valence-corrected chi connectivity index (χ4v) is 11.3. The molecule has 1 aliphatic carbocycles. The number of unbranched alkanes of at least 4 members (excludes halogenated alkanes) is 2. The van der Waals surface area contributed by atoms with Gasteiger partial charge in [-0.25, -0.2) is 0 Å². The predicted molar refractivity (Wildman–Crippen MR) is 285 cm³/mol. The Kier molecular flexibility index (Phi) is 13.7. The van der Waals surface area contributed by atoms with Gasteiger partial charge >= 0.3 is 0 Å². The maximum Gasteiger partial charge on any atom is -0.00263 e. The number of rotatable bonds is 15. The maximum absolute atomic E-state index is 2.70. The van der Waals surface area contributed by atoms with Crippen LogP contribution >= 0.6 is 0 Å². The van der Waals surface area contributed by atoms with Crippen LogP contribution in [0.1, 0.15) is 149 Å². The lowest BCUT2D eigenvalue weighted by atomic mass is 9.75. The van der Waals surface area contributed by atoms with Gasteiger partial charge in [0.1, 0.15) is 0 Å². The van der Waals surface area contributed by atoms with Crippen LogP contribution in [0, 0.1) is 23.2 Å². The zero-order chi connectivity index (χ0) is 45.2. The average Bonchev–Trinajstić information content (AvgIpc) is 3.29. The van der Waals surface area contributed by atoms with E-state index in [0.29, 0.717) is 17.8 Å². The lowest BCUT2D eigenvalue weighted by Gasteiger charge is -2.30. The molecular formula is C64H76. The van der Waals surface area contributed by atoms with Crippen LogP contribution in [0.15, 0.2) is 127 Å². The molecule has 3 atom stereocenters. The Morgan fingerprint density at radius 3 is 1.30 bits per heavy atom. The van der Waals surface area contributed by atoms with E-state index in [0.717, 1.165) is 12.8 Å². The molecule has 0 heterocycles. The van der Waals surface area contributed by atoms with Crippen LogP contribution in [0.2, 0.25) is 0 Å². The number of fused-ring (bicyclic) bond motifs is 4. The highest BCUT2D eigenvalue weighted by Crippen LogP contribution is 2.48. The van der Waals surface area contributed by atoms with Crippen molar-refractivity contribution in [1.29, 1.82) is 0 Å². The van der Waals surface area contributed by atoms with Crippen LogP contribution in [-0.4, -0.2) is 0 Å². The molecular weight excluding hydrogens is 769 g/mol. The SMILES string of the molecule is CCCCC(CC)Cc1cc2c(C3=CCC(C(C)(C)C)C=C3)c3ccccc3c(-c3ccc(-c4c5ccccc5c(C(C)(C)C)c5ccccc45)cc3)c2cc1CC(CC)CCCC. The minimum Gasteiger partial charge on any atom is -0.0800 e. The highest BCUT2D eigenvalue weighted by Gasteiger charge is 2.27. The highest BCUT2D eigenvalue weighted by atomic mass is 14.3. The molecule has 8 rings (SSSR count). The summed E-state index contributed by atoms with van der Waals surface area (Å²) in [4.78, 5) is 0. The van der Waals surface area contributed by atoms with Crippen LogP contribution < -0.4 is 0 Å². The fourth-order valence-electron chi connectivity index (χ4n) is 11.3. The number of allylic oxidation sites excluding steroid dienone is 4. The molecule has 0 saturated heterocycles. The molecule has 0 fully saturated rings. The van der Waals surface area contributed by atoms with Crippen molar-refractivity contribution in [3.63, 3.8) is 0 Å². The van der Waals surface area contributed by atoms with Gasteiger partial charge in [0.15, 0.2) is 0 Å². The van der Waals surface area contributed by atoms with Crippen molar-refractivity contribution in [2.24, 2.45) is 23.2 Å². The van der Waals surface area contributed by atoms with E-state index in [1.165, 1.54) is 140 Å². The van der Waals surface area contributed by atoms with Gasteiger partial charge in [0.2, 0.25) is 0 Å². The second-order valence-electron chi connectivity index (χ2n) is 21.6. The van der Waals surface area contributed by atoms with Crippen LogP contribution in [0.3, 0.4) is 0 Å². The summed E-state index contributed by atoms with van der Waals surface area (Å²) in [7, 11) is 0. The first-order valence-electron chi connectivity index (χ1n) is 25.3. The second-order valence-corrected chi connectivity index (χ2v) is 21.6. The third-order valence-electron chi connectivity index (χ3n) is 15.1. The lowest BCUT2D eigenvalue weighted by Crippen LogP contribution is -2.19. The largest absolute Gasteiger partial charge is 0.0800 e.